The number of halogens is 2. The fourth-order valence-electron chi connectivity index (χ4n) is 2.89. The largest absolute Gasteiger partial charge is 0.493 e. The molecule has 1 aliphatic carbocycles. The van der Waals surface area contributed by atoms with Gasteiger partial charge in [0.25, 0.3) is 0 Å². The quantitative estimate of drug-likeness (QED) is 0.701. The first-order chi connectivity index (χ1) is 11.5. The van der Waals surface area contributed by atoms with Gasteiger partial charge in [-0.25, -0.2) is 0 Å². The van der Waals surface area contributed by atoms with Crippen molar-refractivity contribution >= 4 is 35.1 Å². The van der Waals surface area contributed by atoms with Crippen LogP contribution in [0.2, 0.25) is 10.0 Å². The van der Waals surface area contributed by atoms with Crippen molar-refractivity contribution in [1.82, 2.24) is 0 Å². The summed E-state index contributed by atoms with van der Waals surface area (Å²) in [6.07, 6.45) is 3.27. The summed E-state index contributed by atoms with van der Waals surface area (Å²) in [5.74, 6) is 1.18. The average Bonchev–Trinajstić information content (AvgIpc) is 2.55. The van der Waals surface area contributed by atoms with Gasteiger partial charge in [0, 0.05) is 21.2 Å². The molecule has 0 atom stereocenters. The zero-order valence-electron chi connectivity index (χ0n) is 13.4. The molecule has 0 unspecified atom stereocenters. The molecule has 0 saturated carbocycles. The Morgan fingerprint density at radius 2 is 1.54 bits per heavy atom. The van der Waals surface area contributed by atoms with E-state index in [0.717, 1.165) is 23.1 Å². The summed E-state index contributed by atoms with van der Waals surface area (Å²) in [6, 6.07) is 8.86. The third-order valence-corrected chi connectivity index (χ3v) is 4.47. The number of rotatable bonds is 3. The number of fused-ring (bicyclic) bond motifs is 1. The van der Waals surface area contributed by atoms with Crippen LogP contribution < -0.4 is 9.47 Å². The van der Waals surface area contributed by atoms with Crippen LogP contribution in [-0.2, 0) is 6.42 Å². The van der Waals surface area contributed by atoms with Crippen LogP contribution in [0, 0.1) is 0 Å². The van der Waals surface area contributed by atoms with Crippen molar-refractivity contribution in [2.24, 2.45) is 0 Å². The van der Waals surface area contributed by atoms with E-state index in [0.29, 0.717) is 33.5 Å². The van der Waals surface area contributed by atoms with Gasteiger partial charge < -0.3 is 9.47 Å². The zero-order chi connectivity index (χ0) is 17.3. The summed E-state index contributed by atoms with van der Waals surface area (Å²) in [4.78, 5) is 12.8. The highest BCUT2D eigenvalue weighted by Crippen LogP contribution is 2.36. The van der Waals surface area contributed by atoms with E-state index in [9.17, 15) is 4.79 Å². The molecule has 0 bridgehead atoms. The lowest BCUT2D eigenvalue weighted by Crippen LogP contribution is -2.14. The second kappa shape index (κ2) is 6.88. The Morgan fingerprint density at radius 3 is 2.17 bits per heavy atom. The van der Waals surface area contributed by atoms with Gasteiger partial charge >= 0.3 is 0 Å². The second-order valence-electron chi connectivity index (χ2n) is 5.57. The van der Waals surface area contributed by atoms with Crippen molar-refractivity contribution in [2.45, 2.75) is 12.8 Å². The number of ether oxygens (including phenoxy) is 2. The van der Waals surface area contributed by atoms with Crippen LogP contribution in [0.3, 0.4) is 0 Å². The van der Waals surface area contributed by atoms with Gasteiger partial charge in [0.15, 0.2) is 17.3 Å². The molecule has 0 amide bonds. The van der Waals surface area contributed by atoms with Crippen molar-refractivity contribution in [2.75, 3.05) is 14.2 Å². The lowest BCUT2D eigenvalue weighted by Gasteiger charge is -2.20. The van der Waals surface area contributed by atoms with Crippen LogP contribution in [-0.4, -0.2) is 20.0 Å². The van der Waals surface area contributed by atoms with Gasteiger partial charge in [-0.1, -0.05) is 23.2 Å². The molecule has 0 saturated heterocycles. The van der Waals surface area contributed by atoms with E-state index in [4.69, 9.17) is 32.7 Å². The molecule has 0 N–H and O–H groups in total. The van der Waals surface area contributed by atoms with Crippen molar-refractivity contribution in [1.29, 1.82) is 0 Å². The Hall–Kier alpha value is -1.97. The summed E-state index contributed by atoms with van der Waals surface area (Å²) in [5.41, 5.74) is 3.17. The number of hydrogen-bond donors (Lipinski definition) is 0. The number of methoxy groups -OCH3 is 2. The van der Waals surface area contributed by atoms with Crippen LogP contribution in [0.15, 0.2) is 35.9 Å². The Kier molecular flexibility index (Phi) is 4.83. The summed E-state index contributed by atoms with van der Waals surface area (Å²) in [6.45, 7) is 0. The molecule has 0 spiro atoms. The molecule has 1 aliphatic rings. The first-order valence-electron chi connectivity index (χ1n) is 7.48. The Labute approximate surface area is 150 Å². The number of hydrogen-bond acceptors (Lipinski definition) is 3. The Balaban J connectivity index is 2.01. The zero-order valence-corrected chi connectivity index (χ0v) is 14.9. The van der Waals surface area contributed by atoms with Crippen LogP contribution in [0.4, 0.5) is 0 Å². The van der Waals surface area contributed by atoms with Crippen molar-refractivity contribution < 1.29 is 14.3 Å². The third kappa shape index (κ3) is 3.28. The highest BCUT2D eigenvalue weighted by atomic mass is 35.5. The molecule has 0 heterocycles. The van der Waals surface area contributed by atoms with Gasteiger partial charge in [-0.2, -0.15) is 0 Å². The van der Waals surface area contributed by atoms with Gasteiger partial charge in [-0.15, -0.1) is 0 Å². The van der Waals surface area contributed by atoms with Crippen LogP contribution in [0.5, 0.6) is 11.5 Å². The van der Waals surface area contributed by atoms with E-state index in [1.165, 1.54) is 0 Å². The maximum Gasteiger partial charge on any atom is 0.189 e. The number of allylic oxidation sites excluding steroid dienone is 1. The minimum absolute atomic E-state index is 0.00620. The number of Topliss-reactive ketones (excluding diaryl/α,β-unsaturated/α-hetero) is 1. The molecule has 5 heteroatoms. The summed E-state index contributed by atoms with van der Waals surface area (Å²) in [7, 11) is 3.14. The molecule has 0 aliphatic heterocycles. The number of benzene rings is 2. The number of carbonyl (C=O) groups is 1. The second-order valence-corrected chi connectivity index (χ2v) is 6.44. The molecule has 3 rings (SSSR count). The molecule has 0 fully saturated rings. The van der Waals surface area contributed by atoms with Gasteiger partial charge in [-0.3, -0.25) is 4.79 Å². The topological polar surface area (TPSA) is 35.5 Å². The van der Waals surface area contributed by atoms with Crippen LogP contribution in [0.25, 0.3) is 6.08 Å². The van der Waals surface area contributed by atoms with Crippen molar-refractivity contribution in [3.8, 4) is 11.5 Å². The van der Waals surface area contributed by atoms with E-state index in [-0.39, 0.29) is 5.78 Å². The molecular weight excluding hydrogens is 347 g/mol. The van der Waals surface area contributed by atoms with E-state index >= 15 is 0 Å². The molecule has 24 heavy (non-hydrogen) atoms. The standard InChI is InChI=1S/C19H16Cl2O3/c1-23-17-8-12-3-4-13(19(22)16(12)10-18(17)24-2)5-11-6-14(20)9-15(21)7-11/h5-10H,3-4H2,1-2H3. The van der Waals surface area contributed by atoms with Gasteiger partial charge in [0.1, 0.15) is 0 Å². The smallest absolute Gasteiger partial charge is 0.189 e. The highest BCUT2D eigenvalue weighted by molar-refractivity contribution is 6.34. The van der Waals surface area contributed by atoms with E-state index < -0.39 is 0 Å². The summed E-state index contributed by atoms with van der Waals surface area (Å²) >= 11 is 12.1. The predicted octanol–water partition coefficient (Wildman–Crippen LogP) is 5.22. The third-order valence-electron chi connectivity index (χ3n) is 4.04. The van der Waals surface area contributed by atoms with E-state index in [2.05, 4.69) is 0 Å². The number of carbonyl (C=O) groups excluding carboxylic acids is 1. The van der Waals surface area contributed by atoms with E-state index in [1.807, 2.05) is 12.1 Å². The molecule has 0 radical (unpaired) electrons. The molecule has 3 nitrogen and oxygen atoms in total. The Bertz CT molecular complexity index is 820. The minimum Gasteiger partial charge on any atom is -0.493 e. The van der Waals surface area contributed by atoms with Crippen LogP contribution >= 0.6 is 23.2 Å². The monoisotopic (exact) mass is 362 g/mol. The predicted molar refractivity (Wildman–Crippen MR) is 96.6 cm³/mol. The molecule has 0 aromatic heterocycles. The lowest BCUT2D eigenvalue weighted by atomic mass is 9.85. The SMILES string of the molecule is COc1cc2c(cc1OC)C(=O)C(=Cc1cc(Cl)cc(Cl)c1)CC2. The highest BCUT2D eigenvalue weighted by Gasteiger charge is 2.24. The first-order valence-corrected chi connectivity index (χ1v) is 8.23. The molecule has 2 aromatic rings. The van der Waals surface area contributed by atoms with Gasteiger partial charge in [0.2, 0.25) is 0 Å². The molecule has 124 valence electrons. The Morgan fingerprint density at radius 1 is 0.917 bits per heavy atom. The maximum absolute atomic E-state index is 12.8. The normalized spacial score (nSPS) is 15.3. The first kappa shape index (κ1) is 16.9. The van der Waals surface area contributed by atoms with Gasteiger partial charge in [0.05, 0.1) is 14.2 Å². The summed E-state index contributed by atoms with van der Waals surface area (Å²) in [5, 5.41) is 1.09. The summed E-state index contributed by atoms with van der Waals surface area (Å²) < 4.78 is 10.6. The van der Waals surface area contributed by atoms with Gasteiger partial charge in [-0.05, 0) is 60.4 Å². The average molecular weight is 363 g/mol. The molecule has 2 aromatic carbocycles. The fourth-order valence-corrected chi connectivity index (χ4v) is 3.44. The maximum atomic E-state index is 12.8. The molecular formula is C19H16Cl2O3. The fraction of sp³-hybridized carbons (Fsp3) is 0.211. The number of ketones is 1. The minimum atomic E-state index is -0.00620. The van der Waals surface area contributed by atoms with E-state index in [1.54, 1.807) is 38.5 Å². The van der Waals surface area contributed by atoms with Crippen LogP contribution in [0.1, 0.15) is 27.9 Å². The number of aryl methyl sites for hydroxylation is 1. The van der Waals surface area contributed by atoms with Crippen molar-refractivity contribution in [3.63, 3.8) is 0 Å². The van der Waals surface area contributed by atoms with Crippen molar-refractivity contribution in [3.05, 3.63) is 62.6 Å². The lowest BCUT2D eigenvalue weighted by molar-refractivity contribution is 0.102.